The Morgan fingerprint density at radius 3 is 2.46 bits per heavy atom. The summed E-state index contributed by atoms with van der Waals surface area (Å²) in [4.78, 5) is 23.1. The van der Waals surface area contributed by atoms with E-state index in [1.807, 2.05) is 0 Å². The third kappa shape index (κ3) is 6.10. The second-order valence-electron chi connectivity index (χ2n) is 4.97. The average molecular weight is 462 g/mol. The Labute approximate surface area is 163 Å². The zero-order valence-electron chi connectivity index (χ0n) is 13.2. The molecule has 0 aromatic heterocycles. The Bertz CT molecular complexity index is 906. The lowest BCUT2D eigenvalue weighted by molar-refractivity contribution is -0.146. The SMILES string of the molecule is O=C(COC(=O)CNS(=O)(=O)c1ccc(Br)cc1Cl)Nc1ccccc1. The fourth-order valence-electron chi connectivity index (χ4n) is 1.84. The number of nitrogens with one attached hydrogen (secondary N) is 2. The monoisotopic (exact) mass is 460 g/mol. The minimum Gasteiger partial charge on any atom is -0.455 e. The summed E-state index contributed by atoms with van der Waals surface area (Å²) in [6.45, 7) is -1.16. The normalized spacial score (nSPS) is 11.0. The first-order valence-electron chi connectivity index (χ1n) is 7.23. The van der Waals surface area contributed by atoms with Gasteiger partial charge < -0.3 is 10.1 Å². The van der Waals surface area contributed by atoms with Crippen LogP contribution in [0.2, 0.25) is 5.02 Å². The van der Waals surface area contributed by atoms with E-state index in [1.54, 1.807) is 30.3 Å². The van der Waals surface area contributed by atoms with Crippen LogP contribution in [0.1, 0.15) is 0 Å². The van der Waals surface area contributed by atoms with E-state index in [0.29, 0.717) is 10.2 Å². The number of amides is 1. The van der Waals surface area contributed by atoms with Crippen LogP contribution in [0, 0.1) is 0 Å². The first-order chi connectivity index (χ1) is 12.3. The van der Waals surface area contributed by atoms with Gasteiger partial charge in [-0.3, -0.25) is 9.59 Å². The number of esters is 1. The number of halogens is 2. The summed E-state index contributed by atoms with van der Waals surface area (Å²) in [6.07, 6.45) is 0. The lowest BCUT2D eigenvalue weighted by Crippen LogP contribution is -2.32. The molecular weight excluding hydrogens is 448 g/mol. The molecule has 0 aliphatic carbocycles. The van der Waals surface area contributed by atoms with E-state index in [-0.39, 0.29) is 9.92 Å². The standard InChI is InChI=1S/C16H14BrClN2O5S/c17-11-6-7-14(13(18)8-11)26(23,24)19-9-16(22)25-10-15(21)20-12-4-2-1-3-5-12/h1-8,19H,9-10H2,(H,20,21). The molecule has 2 aromatic carbocycles. The summed E-state index contributed by atoms with van der Waals surface area (Å²) < 4.78 is 31.7. The van der Waals surface area contributed by atoms with E-state index in [2.05, 4.69) is 26.0 Å². The van der Waals surface area contributed by atoms with E-state index in [9.17, 15) is 18.0 Å². The number of sulfonamides is 1. The second kappa shape index (κ2) is 9.13. The number of ether oxygens (including phenoxy) is 1. The minimum absolute atomic E-state index is 0.00230. The summed E-state index contributed by atoms with van der Waals surface area (Å²) in [5.74, 6) is -1.44. The number of carbonyl (C=O) groups is 2. The van der Waals surface area contributed by atoms with Crippen molar-refractivity contribution in [3.63, 3.8) is 0 Å². The van der Waals surface area contributed by atoms with Crippen molar-refractivity contribution in [2.75, 3.05) is 18.5 Å². The van der Waals surface area contributed by atoms with Crippen LogP contribution in [0.15, 0.2) is 57.9 Å². The van der Waals surface area contributed by atoms with Crippen molar-refractivity contribution in [1.29, 1.82) is 0 Å². The Morgan fingerprint density at radius 1 is 1.12 bits per heavy atom. The molecule has 138 valence electrons. The zero-order chi connectivity index (χ0) is 19.2. The highest BCUT2D eigenvalue weighted by atomic mass is 79.9. The molecule has 0 fully saturated rings. The molecule has 0 atom stereocenters. The number of rotatable bonds is 7. The average Bonchev–Trinajstić information content (AvgIpc) is 2.59. The van der Waals surface area contributed by atoms with Crippen LogP contribution in [0.4, 0.5) is 5.69 Å². The van der Waals surface area contributed by atoms with Gasteiger partial charge in [0.25, 0.3) is 5.91 Å². The van der Waals surface area contributed by atoms with Gasteiger partial charge in [-0.05, 0) is 30.3 Å². The predicted octanol–water partition coefficient (Wildman–Crippen LogP) is 2.56. The van der Waals surface area contributed by atoms with Gasteiger partial charge in [-0.25, -0.2) is 8.42 Å². The van der Waals surface area contributed by atoms with Crippen molar-refractivity contribution in [3.8, 4) is 0 Å². The molecule has 0 aliphatic heterocycles. The molecule has 0 unspecified atom stereocenters. The van der Waals surface area contributed by atoms with Crippen molar-refractivity contribution in [2.45, 2.75) is 4.90 Å². The van der Waals surface area contributed by atoms with Crippen molar-refractivity contribution in [2.24, 2.45) is 0 Å². The molecule has 0 saturated carbocycles. The van der Waals surface area contributed by atoms with Crippen molar-refractivity contribution >= 4 is 55.1 Å². The van der Waals surface area contributed by atoms with Crippen LogP contribution >= 0.6 is 27.5 Å². The summed E-state index contributed by atoms with van der Waals surface area (Å²) in [5.41, 5.74) is 0.555. The second-order valence-corrected chi connectivity index (χ2v) is 8.03. The van der Waals surface area contributed by atoms with Gasteiger partial charge in [-0.15, -0.1) is 0 Å². The quantitative estimate of drug-likeness (QED) is 0.617. The smallest absolute Gasteiger partial charge is 0.321 e. The summed E-state index contributed by atoms with van der Waals surface area (Å²) in [5, 5.41) is 2.53. The topological polar surface area (TPSA) is 102 Å². The molecule has 0 aliphatic rings. The first kappa shape index (κ1) is 20.4. The summed E-state index contributed by atoms with van der Waals surface area (Å²) in [6, 6.07) is 12.8. The molecule has 2 aromatic rings. The van der Waals surface area contributed by atoms with Crippen LogP contribution in [-0.2, 0) is 24.3 Å². The summed E-state index contributed by atoms with van der Waals surface area (Å²) in [7, 11) is -3.99. The van der Waals surface area contributed by atoms with Gasteiger partial charge in [0.1, 0.15) is 11.4 Å². The molecule has 2 N–H and O–H groups in total. The maximum Gasteiger partial charge on any atom is 0.321 e. The summed E-state index contributed by atoms with van der Waals surface area (Å²) >= 11 is 9.06. The molecule has 0 bridgehead atoms. The fraction of sp³-hybridized carbons (Fsp3) is 0.125. The number of carbonyl (C=O) groups excluding carboxylic acids is 2. The van der Waals surface area contributed by atoms with E-state index in [0.717, 1.165) is 0 Å². The van der Waals surface area contributed by atoms with Gasteiger partial charge in [0.15, 0.2) is 6.61 Å². The van der Waals surface area contributed by atoms with Gasteiger partial charge in [0.05, 0.1) is 5.02 Å². The zero-order valence-corrected chi connectivity index (χ0v) is 16.4. The molecule has 0 radical (unpaired) electrons. The third-order valence-corrected chi connectivity index (χ3v) is 5.39. The largest absolute Gasteiger partial charge is 0.455 e. The molecule has 1 amide bonds. The van der Waals surface area contributed by atoms with E-state index < -0.39 is 35.1 Å². The Kier molecular flexibility index (Phi) is 7.15. The Morgan fingerprint density at radius 2 is 1.81 bits per heavy atom. The Hall–Kier alpha value is -1.94. The molecule has 2 rings (SSSR count). The van der Waals surface area contributed by atoms with Crippen LogP contribution in [-0.4, -0.2) is 33.4 Å². The highest BCUT2D eigenvalue weighted by molar-refractivity contribution is 9.10. The number of para-hydroxylation sites is 1. The van der Waals surface area contributed by atoms with E-state index >= 15 is 0 Å². The van der Waals surface area contributed by atoms with Crippen molar-refractivity contribution in [1.82, 2.24) is 4.72 Å². The predicted molar refractivity (Wildman–Crippen MR) is 100 cm³/mol. The van der Waals surface area contributed by atoms with E-state index in [1.165, 1.54) is 18.2 Å². The Balaban J connectivity index is 1.83. The highest BCUT2D eigenvalue weighted by Crippen LogP contribution is 2.24. The lowest BCUT2D eigenvalue weighted by Gasteiger charge is -2.09. The van der Waals surface area contributed by atoms with E-state index in [4.69, 9.17) is 16.3 Å². The molecule has 0 heterocycles. The van der Waals surface area contributed by atoms with Gasteiger partial charge in [-0.2, -0.15) is 4.72 Å². The molecular formula is C16H14BrClN2O5S. The lowest BCUT2D eigenvalue weighted by atomic mass is 10.3. The number of hydrogen-bond donors (Lipinski definition) is 2. The minimum atomic E-state index is -3.99. The van der Waals surface area contributed by atoms with Crippen LogP contribution in [0.25, 0.3) is 0 Å². The van der Waals surface area contributed by atoms with Crippen molar-refractivity contribution < 1.29 is 22.7 Å². The van der Waals surface area contributed by atoms with Crippen molar-refractivity contribution in [3.05, 3.63) is 58.0 Å². The fourth-order valence-corrected chi connectivity index (χ4v) is 3.84. The van der Waals surface area contributed by atoms with Crippen LogP contribution in [0.5, 0.6) is 0 Å². The first-order valence-corrected chi connectivity index (χ1v) is 9.88. The van der Waals surface area contributed by atoms with Gasteiger partial charge in [0, 0.05) is 10.2 Å². The number of benzene rings is 2. The molecule has 26 heavy (non-hydrogen) atoms. The molecule has 0 saturated heterocycles. The molecule has 10 heteroatoms. The van der Waals surface area contributed by atoms with Crippen LogP contribution in [0.3, 0.4) is 0 Å². The van der Waals surface area contributed by atoms with Crippen LogP contribution < -0.4 is 10.0 Å². The van der Waals surface area contributed by atoms with Gasteiger partial charge >= 0.3 is 5.97 Å². The van der Waals surface area contributed by atoms with Gasteiger partial charge in [-0.1, -0.05) is 45.7 Å². The third-order valence-electron chi connectivity index (χ3n) is 3.01. The number of anilines is 1. The van der Waals surface area contributed by atoms with Gasteiger partial charge in [0.2, 0.25) is 10.0 Å². The molecule has 7 nitrogen and oxygen atoms in total. The maximum atomic E-state index is 12.2. The maximum absolute atomic E-state index is 12.2. The highest BCUT2D eigenvalue weighted by Gasteiger charge is 2.19. The number of hydrogen-bond acceptors (Lipinski definition) is 5. The molecule has 0 spiro atoms.